The van der Waals surface area contributed by atoms with Gasteiger partial charge in [0.2, 0.25) is 0 Å². The highest BCUT2D eigenvalue weighted by Gasteiger charge is 2.38. The second-order valence-electron chi connectivity index (χ2n) is 13.0. The van der Waals surface area contributed by atoms with Crippen LogP contribution in [0.1, 0.15) is 55.2 Å². The van der Waals surface area contributed by atoms with E-state index in [2.05, 4.69) is 60.7 Å². The van der Waals surface area contributed by atoms with Crippen molar-refractivity contribution in [3.05, 3.63) is 132 Å². The number of fused-ring (bicyclic) bond motifs is 2. The van der Waals surface area contributed by atoms with Crippen molar-refractivity contribution in [3.8, 4) is 0 Å². The summed E-state index contributed by atoms with van der Waals surface area (Å²) in [6.07, 6.45) is 3.37. The molecule has 5 rings (SSSR count). The van der Waals surface area contributed by atoms with Gasteiger partial charge < -0.3 is 24.6 Å². The molecule has 5 aromatic rings. The van der Waals surface area contributed by atoms with Crippen LogP contribution in [0.25, 0.3) is 21.5 Å². The molecule has 266 valence electrons. The van der Waals surface area contributed by atoms with Gasteiger partial charge in [0, 0.05) is 19.7 Å². The fraction of sp³-hybridized carbons (Fsp3) is 0.326. The van der Waals surface area contributed by atoms with Gasteiger partial charge in [-0.15, -0.1) is 0 Å². The number of rotatable bonds is 21. The smallest absolute Gasteiger partial charge is 0.336 e. The third kappa shape index (κ3) is 11.5. The lowest BCUT2D eigenvalue weighted by molar-refractivity contribution is -0.176. The number of benzene rings is 5. The van der Waals surface area contributed by atoms with E-state index in [0.717, 1.165) is 44.1 Å². The monoisotopic (exact) mass is 689 g/mol. The fourth-order valence-electron chi connectivity index (χ4n) is 6.40. The first-order chi connectivity index (χ1) is 24.9. The number of aryl methyl sites for hydroxylation is 2. The molecule has 0 aliphatic heterocycles. The Balaban J connectivity index is 1.20. The number of amides is 1. The Labute approximate surface area is 299 Å². The van der Waals surface area contributed by atoms with Crippen molar-refractivity contribution in [1.82, 2.24) is 4.90 Å². The Bertz CT molecular complexity index is 1880. The molecular formula is C43H47NO7. The van der Waals surface area contributed by atoms with Crippen molar-refractivity contribution in [2.24, 2.45) is 0 Å². The molecule has 8 nitrogen and oxygen atoms in total. The summed E-state index contributed by atoms with van der Waals surface area (Å²) in [5, 5.41) is 24.1. The second kappa shape index (κ2) is 19.4. The van der Waals surface area contributed by atoms with Gasteiger partial charge in [-0.1, -0.05) is 128 Å². The summed E-state index contributed by atoms with van der Waals surface area (Å²) in [6.45, 7) is -0.0633. The lowest BCUT2D eigenvalue weighted by atomic mass is 10.0. The number of carbonyl (C=O) groups is 3. The summed E-state index contributed by atoms with van der Waals surface area (Å²) in [5.41, 5.74) is 3.40. The van der Waals surface area contributed by atoms with Crippen LogP contribution >= 0.6 is 0 Å². The summed E-state index contributed by atoms with van der Waals surface area (Å²) in [4.78, 5) is 39.5. The molecule has 0 spiro atoms. The van der Waals surface area contributed by atoms with E-state index in [1.165, 1.54) is 32.7 Å². The van der Waals surface area contributed by atoms with Crippen molar-refractivity contribution < 1.29 is 34.1 Å². The molecule has 0 aromatic heterocycles. The molecule has 0 heterocycles. The zero-order valence-corrected chi connectivity index (χ0v) is 29.0. The molecule has 5 aromatic carbocycles. The molecule has 8 heteroatoms. The number of carboxylic acids is 2. The maximum absolute atomic E-state index is 14.2. The standard InChI is InChI=1S/C43H47NO7/c45-39(46)31-51-41(43(48)49)40(50-27-13-3-7-15-33-23-25-36-19-9-11-21-38(36)29-33)42(47)44(30-34-16-4-1-5-17-34)26-12-2-6-14-32-22-24-35-18-8-10-20-37(35)28-32/h1,4-5,8-11,16-25,28-29,40-41H,2-3,6-7,12-15,26-27,30-31H2,(H,45,46)(H,48,49). The van der Waals surface area contributed by atoms with Gasteiger partial charge in [-0.05, 0) is 76.8 Å². The lowest BCUT2D eigenvalue weighted by Gasteiger charge is -2.30. The van der Waals surface area contributed by atoms with Crippen LogP contribution in [0.15, 0.2) is 115 Å². The summed E-state index contributed by atoms with van der Waals surface area (Å²) < 4.78 is 11.3. The lowest BCUT2D eigenvalue weighted by Crippen LogP contribution is -2.50. The quantitative estimate of drug-likeness (QED) is 0.0749. The molecule has 0 bridgehead atoms. The van der Waals surface area contributed by atoms with Crippen LogP contribution in [0.3, 0.4) is 0 Å². The first kappa shape index (κ1) is 37.2. The molecule has 0 fully saturated rings. The number of carboxylic acid groups (broad SMARTS) is 2. The summed E-state index contributed by atoms with van der Waals surface area (Å²) in [5.74, 6) is -3.29. The van der Waals surface area contributed by atoms with Crippen molar-refractivity contribution in [2.45, 2.75) is 70.1 Å². The van der Waals surface area contributed by atoms with E-state index in [1.807, 2.05) is 54.6 Å². The van der Waals surface area contributed by atoms with E-state index >= 15 is 0 Å². The van der Waals surface area contributed by atoms with Gasteiger partial charge in [-0.2, -0.15) is 0 Å². The minimum absolute atomic E-state index is 0.138. The van der Waals surface area contributed by atoms with Crippen LogP contribution in [0, 0.1) is 0 Å². The van der Waals surface area contributed by atoms with E-state index in [-0.39, 0.29) is 13.2 Å². The van der Waals surface area contributed by atoms with Crippen molar-refractivity contribution in [3.63, 3.8) is 0 Å². The predicted molar refractivity (Wildman–Crippen MR) is 200 cm³/mol. The number of aliphatic carboxylic acids is 2. The molecule has 0 radical (unpaired) electrons. The maximum atomic E-state index is 14.2. The van der Waals surface area contributed by atoms with Crippen molar-refractivity contribution >= 4 is 39.4 Å². The molecule has 0 aliphatic carbocycles. The van der Waals surface area contributed by atoms with Crippen LogP contribution in [-0.2, 0) is 43.2 Å². The molecule has 2 atom stereocenters. The summed E-state index contributed by atoms with van der Waals surface area (Å²) in [7, 11) is 0. The molecule has 51 heavy (non-hydrogen) atoms. The second-order valence-corrected chi connectivity index (χ2v) is 13.0. The molecule has 0 saturated carbocycles. The normalized spacial score (nSPS) is 12.5. The Morgan fingerprint density at radius 1 is 0.549 bits per heavy atom. The number of hydrogen-bond donors (Lipinski definition) is 2. The van der Waals surface area contributed by atoms with Gasteiger partial charge in [-0.25, -0.2) is 9.59 Å². The third-order valence-corrected chi connectivity index (χ3v) is 9.10. The molecule has 1 amide bonds. The third-order valence-electron chi connectivity index (χ3n) is 9.10. The van der Waals surface area contributed by atoms with Gasteiger partial charge in [0.25, 0.3) is 5.91 Å². The van der Waals surface area contributed by atoms with Crippen molar-refractivity contribution in [1.29, 1.82) is 0 Å². The summed E-state index contributed by atoms with van der Waals surface area (Å²) >= 11 is 0. The molecule has 2 unspecified atom stereocenters. The minimum atomic E-state index is -1.77. The van der Waals surface area contributed by atoms with Crippen LogP contribution in [0.5, 0.6) is 0 Å². The van der Waals surface area contributed by atoms with Crippen LogP contribution in [0.4, 0.5) is 0 Å². The Morgan fingerprint density at radius 2 is 1.10 bits per heavy atom. The zero-order chi connectivity index (χ0) is 35.8. The highest BCUT2D eigenvalue weighted by molar-refractivity contribution is 5.88. The molecule has 0 aliphatic rings. The Kier molecular flexibility index (Phi) is 14.1. The van der Waals surface area contributed by atoms with Gasteiger partial charge in [0.05, 0.1) is 0 Å². The fourth-order valence-corrected chi connectivity index (χ4v) is 6.40. The highest BCUT2D eigenvalue weighted by Crippen LogP contribution is 2.20. The first-order valence-corrected chi connectivity index (χ1v) is 17.8. The van der Waals surface area contributed by atoms with Crippen LogP contribution < -0.4 is 0 Å². The SMILES string of the molecule is O=C(O)COC(C(=O)O)C(OCCCCCc1ccc2ccccc2c1)C(=O)N(CCCCCc1ccc2ccccc2c1)Cc1ccccc1. The average Bonchev–Trinajstić information content (AvgIpc) is 3.14. The maximum Gasteiger partial charge on any atom is 0.336 e. The van der Waals surface area contributed by atoms with E-state index in [0.29, 0.717) is 19.4 Å². The summed E-state index contributed by atoms with van der Waals surface area (Å²) in [6, 6.07) is 39.0. The molecule has 0 saturated heterocycles. The molecular weight excluding hydrogens is 642 g/mol. The number of unbranched alkanes of at least 4 members (excludes halogenated alkanes) is 4. The topological polar surface area (TPSA) is 113 Å². The average molecular weight is 690 g/mol. The highest BCUT2D eigenvalue weighted by atomic mass is 16.6. The van der Waals surface area contributed by atoms with E-state index in [1.54, 1.807) is 4.90 Å². The van der Waals surface area contributed by atoms with Crippen molar-refractivity contribution in [2.75, 3.05) is 19.8 Å². The van der Waals surface area contributed by atoms with Crippen LogP contribution in [-0.4, -0.2) is 64.9 Å². The minimum Gasteiger partial charge on any atom is -0.480 e. The van der Waals surface area contributed by atoms with E-state index in [4.69, 9.17) is 9.47 Å². The van der Waals surface area contributed by atoms with E-state index < -0.39 is 36.7 Å². The van der Waals surface area contributed by atoms with Gasteiger partial charge in [-0.3, -0.25) is 4.79 Å². The number of hydrogen-bond acceptors (Lipinski definition) is 5. The van der Waals surface area contributed by atoms with Gasteiger partial charge >= 0.3 is 11.9 Å². The molecule has 2 N–H and O–H groups in total. The zero-order valence-electron chi connectivity index (χ0n) is 29.0. The largest absolute Gasteiger partial charge is 0.480 e. The number of nitrogens with zero attached hydrogens (tertiary/aromatic N) is 1. The van der Waals surface area contributed by atoms with Gasteiger partial charge in [0.15, 0.2) is 12.2 Å². The number of ether oxygens (including phenoxy) is 2. The van der Waals surface area contributed by atoms with Gasteiger partial charge in [0.1, 0.15) is 6.61 Å². The van der Waals surface area contributed by atoms with Crippen LogP contribution in [0.2, 0.25) is 0 Å². The predicted octanol–water partition coefficient (Wildman–Crippen LogP) is 8.09. The van der Waals surface area contributed by atoms with E-state index in [9.17, 15) is 24.6 Å². The first-order valence-electron chi connectivity index (χ1n) is 17.8. The Hall–Kier alpha value is -5.05. The number of carbonyl (C=O) groups excluding carboxylic acids is 1. The Morgan fingerprint density at radius 3 is 1.67 bits per heavy atom.